The minimum Gasteiger partial charge on any atom is -0.377 e. The van der Waals surface area contributed by atoms with E-state index < -0.39 is 0 Å². The number of ether oxygens (including phenoxy) is 2. The molecule has 2 aliphatic rings. The van der Waals surface area contributed by atoms with Gasteiger partial charge in [-0.1, -0.05) is 5.21 Å². The lowest BCUT2D eigenvalue weighted by molar-refractivity contribution is 0.0661. The maximum atomic E-state index is 5.43. The van der Waals surface area contributed by atoms with Crippen molar-refractivity contribution in [3.8, 4) is 0 Å². The van der Waals surface area contributed by atoms with Crippen molar-refractivity contribution in [2.75, 3.05) is 27.4 Å². The Hall–Kier alpha value is -0.940. The Labute approximate surface area is 147 Å². The van der Waals surface area contributed by atoms with Gasteiger partial charge in [0.15, 0.2) is 5.96 Å². The fraction of sp³-hybridized carbons (Fsp3) is 0.769. The first-order valence-electron chi connectivity index (χ1n) is 7.28. The van der Waals surface area contributed by atoms with Crippen LogP contribution in [0.3, 0.4) is 0 Å². The van der Waals surface area contributed by atoms with Gasteiger partial charge in [-0.15, -0.1) is 29.1 Å². The van der Waals surface area contributed by atoms with Gasteiger partial charge in [0.25, 0.3) is 0 Å². The summed E-state index contributed by atoms with van der Waals surface area (Å²) in [7, 11) is 3.47. The van der Waals surface area contributed by atoms with Crippen LogP contribution >= 0.6 is 24.0 Å². The Morgan fingerprint density at radius 3 is 3.00 bits per heavy atom. The third-order valence-electron chi connectivity index (χ3n) is 3.78. The average Bonchev–Trinajstić information content (AvgIpc) is 3.02. The molecule has 9 heteroatoms. The second-order valence-corrected chi connectivity index (χ2v) is 5.41. The molecule has 0 unspecified atom stereocenters. The summed E-state index contributed by atoms with van der Waals surface area (Å²) in [6.07, 6.45) is 4.41. The van der Waals surface area contributed by atoms with Gasteiger partial charge < -0.3 is 20.1 Å². The van der Waals surface area contributed by atoms with Gasteiger partial charge in [0.05, 0.1) is 26.0 Å². The number of hydrogen-bond acceptors (Lipinski definition) is 5. The van der Waals surface area contributed by atoms with Gasteiger partial charge in [0.2, 0.25) is 0 Å². The first-order valence-corrected chi connectivity index (χ1v) is 7.28. The lowest BCUT2D eigenvalue weighted by atomic mass is 10.2. The molecule has 1 aliphatic carbocycles. The number of nitrogens with one attached hydrogen (secondary N) is 2. The summed E-state index contributed by atoms with van der Waals surface area (Å²) < 4.78 is 12.7. The fourth-order valence-corrected chi connectivity index (χ4v) is 2.34. The number of rotatable bonds is 5. The molecule has 1 saturated carbocycles. The monoisotopic (exact) mass is 422 g/mol. The number of aliphatic imine (C=N–C) groups is 1. The van der Waals surface area contributed by atoms with Crippen LogP contribution in [0.4, 0.5) is 0 Å². The molecule has 0 spiro atoms. The van der Waals surface area contributed by atoms with Crippen LogP contribution in [-0.2, 0) is 16.0 Å². The zero-order chi connectivity index (χ0) is 14.7. The Kier molecular flexibility index (Phi) is 6.38. The van der Waals surface area contributed by atoms with Crippen LogP contribution in [0.2, 0.25) is 0 Å². The number of methoxy groups -OCH3 is 1. The molecule has 1 saturated heterocycles. The zero-order valence-corrected chi connectivity index (χ0v) is 15.2. The highest BCUT2D eigenvalue weighted by atomic mass is 127. The molecule has 0 radical (unpaired) electrons. The van der Waals surface area contributed by atoms with Crippen molar-refractivity contribution in [3.63, 3.8) is 0 Å². The number of nitrogens with zero attached hydrogens (tertiary/aromatic N) is 4. The van der Waals surface area contributed by atoms with Gasteiger partial charge in [-0.3, -0.25) is 4.99 Å². The normalized spacial score (nSPS) is 24.9. The molecule has 0 aromatic carbocycles. The van der Waals surface area contributed by atoms with Gasteiger partial charge in [-0.2, -0.15) is 0 Å². The van der Waals surface area contributed by atoms with E-state index in [2.05, 4.69) is 25.9 Å². The summed E-state index contributed by atoms with van der Waals surface area (Å²) in [6.45, 7) is 1.81. The van der Waals surface area contributed by atoms with Crippen molar-refractivity contribution < 1.29 is 9.47 Å². The van der Waals surface area contributed by atoms with E-state index in [-0.39, 0.29) is 36.1 Å². The molecule has 2 fully saturated rings. The smallest absolute Gasteiger partial charge is 0.191 e. The van der Waals surface area contributed by atoms with E-state index in [1.165, 1.54) is 12.8 Å². The molecule has 3 rings (SSSR count). The Balaban J connectivity index is 0.00000176. The van der Waals surface area contributed by atoms with Crippen molar-refractivity contribution in [1.82, 2.24) is 25.6 Å². The summed E-state index contributed by atoms with van der Waals surface area (Å²) in [5.41, 5.74) is 0.871. The predicted molar refractivity (Wildman–Crippen MR) is 92.4 cm³/mol. The van der Waals surface area contributed by atoms with Crippen molar-refractivity contribution in [3.05, 3.63) is 11.9 Å². The lowest BCUT2D eigenvalue weighted by Crippen LogP contribution is -2.38. The van der Waals surface area contributed by atoms with E-state index in [1.807, 2.05) is 10.9 Å². The number of halogens is 1. The number of aromatic nitrogens is 3. The van der Waals surface area contributed by atoms with Gasteiger partial charge >= 0.3 is 0 Å². The predicted octanol–water partition coefficient (Wildman–Crippen LogP) is 0.310. The van der Waals surface area contributed by atoms with Crippen molar-refractivity contribution in [2.45, 2.75) is 37.6 Å². The molecule has 2 atom stereocenters. The quantitative estimate of drug-likeness (QED) is 0.404. The van der Waals surface area contributed by atoms with Crippen molar-refractivity contribution in [1.29, 1.82) is 0 Å². The molecule has 0 bridgehead atoms. The van der Waals surface area contributed by atoms with Crippen LogP contribution in [-0.4, -0.2) is 60.5 Å². The molecule has 2 N–H and O–H groups in total. The van der Waals surface area contributed by atoms with Crippen LogP contribution in [0.25, 0.3) is 0 Å². The second-order valence-electron chi connectivity index (χ2n) is 5.41. The summed E-state index contributed by atoms with van der Waals surface area (Å²) in [4.78, 5) is 4.19. The highest BCUT2D eigenvalue weighted by Gasteiger charge is 2.30. The summed E-state index contributed by atoms with van der Waals surface area (Å²) in [5, 5.41) is 14.9. The van der Waals surface area contributed by atoms with E-state index in [0.29, 0.717) is 25.8 Å². The summed E-state index contributed by atoms with van der Waals surface area (Å²) in [6, 6.07) is 0.671. The first kappa shape index (κ1) is 17.4. The molecule has 124 valence electrons. The van der Waals surface area contributed by atoms with Crippen molar-refractivity contribution in [2.24, 2.45) is 4.99 Å². The van der Waals surface area contributed by atoms with E-state index in [9.17, 15) is 0 Å². The molecule has 22 heavy (non-hydrogen) atoms. The van der Waals surface area contributed by atoms with E-state index in [4.69, 9.17) is 9.47 Å². The van der Waals surface area contributed by atoms with Gasteiger partial charge in [0.1, 0.15) is 17.8 Å². The van der Waals surface area contributed by atoms with Crippen LogP contribution in [0, 0.1) is 0 Å². The average molecular weight is 422 g/mol. The highest BCUT2D eigenvalue weighted by Crippen LogP contribution is 2.21. The molecule has 1 aliphatic heterocycles. The SMILES string of the molecule is CN=C(NCc1cn([C@@H]2COC[C@H]2OC)nn1)NC1CC1.I. The molecular weight excluding hydrogens is 399 g/mol. The van der Waals surface area contributed by atoms with Crippen LogP contribution in [0.1, 0.15) is 24.6 Å². The summed E-state index contributed by atoms with van der Waals surface area (Å²) in [5.74, 6) is 0.811. The van der Waals surface area contributed by atoms with Crippen LogP contribution in [0.15, 0.2) is 11.2 Å². The molecule has 1 aromatic heterocycles. The van der Waals surface area contributed by atoms with Crippen molar-refractivity contribution >= 4 is 29.9 Å². The topological polar surface area (TPSA) is 85.6 Å². The van der Waals surface area contributed by atoms with Gasteiger partial charge in [-0.05, 0) is 12.8 Å². The molecule has 0 amide bonds. The van der Waals surface area contributed by atoms with E-state index >= 15 is 0 Å². The lowest BCUT2D eigenvalue weighted by Gasteiger charge is -2.15. The minimum absolute atomic E-state index is 0. The molecular formula is C13H23IN6O2. The number of hydrogen-bond donors (Lipinski definition) is 2. The summed E-state index contributed by atoms with van der Waals surface area (Å²) >= 11 is 0. The minimum atomic E-state index is 0. The van der Waals surface area contributed by atoms with E-state index in [0.717, 1.165) is 11.7 Å². The first-order chi connectivity index (χ1) is 10.3. The fourth-order valence-electron chi connectivity index (χ4n) is 2.34. The third-order valence-corrected chi connectivity index (χ3v) is 3.78. The zero-order valence-electron chi connectivity index (χ0n) is 12.9. The second kappa shape index (κ2) is 8.06. The Bertz CT molecular complexity index is 504. The third kappa shape index (κ3) is 4.29. The van der Waals surface area contributed by atoms with Gasteiger partial charge in [-0.25, -0.2) is 4.68 Å². The Morgan fingerprint density at radius 1 is 1.50 bits per heavy atom. The van der Waals surface area contributed by atoms with Crippen LogP contribution in [0.5, 0.6) is 0 Å². The molecule has 8 nitrogen and oxygen atoms in total. The van der Waals surface area contributed by atoms with Gasteiger partial charge in [0, 0.05) is 20.2 Å². The standard InChI is InChI=1S/C13H22N6O2.HI/c1-14-13(16-9-3-4-9)15-5-10-6-19(18-17-10)11-7-21-8-12(11)20-2;/h6,9,11-12H,3-5,7-8H2,1-2H3,(H2,14,15,16);1H/t11-,12-;/m1./s1. The molecule has 2 heterocycles. The Morgan fingerprint density at radius 2 is 2.32 bits per heavy atom. The van der Waals surface area contributed by atoms with Crippen LogP contribution < -0.4 is 10.6 Å². The maximum absolute atomic E-state index is 5.43. The highest BCUT2D eigenvalue weighted by molar-refractivity contribution is 14.0. The number of guanidine groups is 1. The maximum Gasteiger partial charge on any atom is 0.191 e. The van der Waals surface area contributed by atoms with E-state index in [1.54, 1.807) is 14.2 Å². The largest absolute Gasteiger partial charge is 0.377 e. The molecule has 1 aromatic rings.